The van der Waals surface area contributed by atoms with Gasteiger partial charge in [-0.25, -0.2) is 13.4 Å². The summed E-state index contributed by atoms with van der Waals surface area (Å²) in [5.74, 6) is 1.14. The van der Waals surface area contributed by atoms with E-state index in [1.807, 2.05) is 6.92 Å². The lowest BCUT2D eigenvalue weighted by Crippen LogP contribution is -2.18. The number of H-pyrrole nitrogens is 1. The summed E-state index contributed by atoms with van der Waals surface area (Å²) in [7, 11) is -3.77. The molecular weight excluding hydrogens is 406 g/mol. The first-order valence-electron chi connectivity index (χ1n) is 9.55. The minimum absolute atomic E-state index is 0.0695. The molecule has 0 saturated heterocycles. The number of benzene rings is 1. The van der Waals surface area contributed by atoms with Crippen molar-refractivity contribution in [3.8, 4) is 0 Å². The van der Waals surface area contributed by atoms with Crippen molar-refractivity contribution in [3.63, 3.8) is 0 Å². The molecule has 2 heterocycles. The maximum atomic E-state index is 13.2. The van der Waals surface area contributed by atoms with Gasteiger partial charge in [-0.15, -0.1) is 0 Å². The summed E-state index contributed by atoms with van der Waals surface area (Å²) >= 11 is 0. The molecule has 0 radical (unpaired) electrons. The van der Waals surface area contributed by atoms with E-state index >= 15 is 0 Å². The lowest BCUT2D eigenvalue weighted by molar-refractivity contribution is 0.0438. The van der Waals surface area contributed by atoms with Crippen molar-refractivity contribution in [1.82, 2.24) is 15.2 Å². The van der Waals surface area contributed by atoms with Crippen LogP contribution in [0.3, 0.4) is 0 Å². The molecule has 3 atom stereocenters. The Morgan fingerprint density at radius 2 is 1.63 bits per heavy atom. The topological polar surface area (TPSA) is 140 Å². The fourth-order valence-electron chi connectivity index (χ4n) is 3.47. The highest BCUT2D eigenvalue weighted by atomic mass is 32.2. The quantitative estimate of drug-likeness (QED) is 0.401. The zero-order valence-electron chi connectivity index (χ0n) is 16.3. The van der Waals surface area contributed by atoms with Crippen LogP contribution in [-0.2, 0) is 9.84 Å². The van der Waals surface area contributed by atoms with E-state index in [0.717, 1.165) is 5.69 Å². The van der Waals surface area contributed by atoms with Crippen LogP contribution in [-0.4, -0.2) is 52.1 Å². The molecule has 10 heteroatoms. The average Bonchev–Trinajstić information content (AvgIpc) is 3.26. The fraction of sp³-hybridized carbons (Fsp3) is 0.300. The highest BCUT2D eigenvalue weighted by molar-refractivity contribution is 7.91. The second kappa shape index (κ2) is 8.05. The number of aromatic amines is 1. The van der Waals surface area contributed by atoms with E-state index in [9.17, 15) is 18.6 Å². The molecule has 1 aliphatic carbocycles. The van der Waals surface area contributed by atoms with Crippen molar-refractivity contribution in [3.05, 3.63) is 54.2 Å². The van der Waals surface area contributed by atoms with Crippen LogP contribution in [0.4, 0.5) is 17.5 Å². The van der Waals surface area contributed by atoms with Crippen LogP contribution in [0.25, 0.3) is 0 Å². The molecule has 4 rings (SSSR count). The molecule has 0 unspecified atom stereocenters. The van der Waals surface area contributed by atoms with E-state index in [1.165, 1.54) is 24.3 Å². The SMILES string of the molecule is Cc1cc(Nc2cc(S(=O)(=O)c3ccccc3)cc(N[C@H]3C[C@@H](O)[C@@H](O)C3)n2)n[nH]1. The van der Waals surface area contributed by atoms with Crippen molar-refractivity contribution in [2.75, 3.05) is 10.6 Å². The molecule has 2 aromatic heterocycles. The molecule has 0 aliphatic heterocycles. The lowest BCUT2D eigenvalue weighted by Gasteiger charge is -2.16. The number of aryl methyl sites for hydroxylation is 1. The van der Waals surface area contributed by atoms with Gasteiger partial charge in [-0.3, -0.25) is 5.10 Å². The summed E-state index contributed by atoms with van der Waals surface area (Å²) in [5.41, 5.74) is 0.845. The summed E-state index contributed by atoms with van der Waals surface area (Å²) in [6.45, 7) is 1.85. The molecule has 30 heavy (non-hydrogen) atoms. The Labute approximate surface area is 174 Å². The van der Waals surface area contributed by atoms with Crippen molar-refractivity contribution >= 4 is 27.3 Å². The van der Waals surface area contributed by atoms with Crippen LogP contribution >= 0.6 is 0 Å². The van der Waals surface area contributed by atoms with E-state index in [4.69, 9.17) is 0 Å². The lowest BCUT2D eigenvalue weighted by atomic mass is 10.2. The third kappa shape index (κ3) is 4.30. The van der Waals surface area contributed by atoms with Gasteiger partial charge in [0.1, 0.15) is 11.6 Å². The first-order valence-corrected chi connectivity index (χ1v) is 11.0. The van der Waals surface area contributed by atoms with E-state index in [2.05, 4.69) is 25.8 Å². The molecule has 0 spiro atoms. The van der Waals surface area contributed by atoms with Gasteiger partial charge in [0, 0.05) is 23.9 Å². The largest absolute Gasteiger partial charge is 0.390 e. The number of hydrogen-bond acceptors (Lipinski definition) is 8. The minimum atomic E-state index is -3.77. The van der Waals surface area contributed by atoms with Gasteiger partial charge in [0.05, 0.1) is 22.0 Å². The smallest absolute Gasteiger partial charge is 0.206 e. The van der Waals surface area contributed by atoms with Crippen molar-refractivity contribution in [2.45, 2.75) is 47.8 Å². The molecule has 1 aliphatic rings. The second-order valence-corrected chi connectivity index (χ2v) is 9.35. The van der Waals surface area contributed by atoms with Gasteiger partial charge in [0.25, 0.3) is 0 Å². The molecule has 1 fully saturated rings. The van der Waals surface area contributed by atoms with Gasteiger partial charge in [0.15, 0.2) is 5.82 Å². The number of aromatic nitrogens is 3. The number of hydrogen-bond donors (Lipinski definition) is 5. The number of nitrogens with one attached hydrogen (secondary N) is 3. The first kappa shape index (κ1) is 20.3. The highest BCUT2D eigenvalue weighted by Crippen LogP contribution is 2.29. The summed E-state index contributed by atoms with van der Waals surface area (Å²) < 4.78 is 26.3. The maximum absolute atomic E-state index is 13.2. The zero-order valence-corrected chi connectivity index (χ0v) is 17.1. The normalized spacial score (nSPS) is 21.5. The molecule has 9 nitrogen and oxygen atoms in total. The molecule has 0 bridgehead atoms. The van der Waals surface area contributed by atoms with E-state index < -0.39 is 22.0 Å². The number of anilines is 3. The molecule has 3 aromatic rings. The summed E-state index contributed by atoms with van der Waals surface area (Å²) in [6, 6.07) is 12.6. The van der Waals surface area contributed by atoms with Gasteiger partial charge < -0.3 is 20.8 Å². The predicted octanol–water partition coefficient (Wildman–Crippen LogP) is 1.99. The Balaban J connectivity index is 1.70. The van der Waals surface area contributed by atoms with Gasteiger partial charge in [-0.1, -0.05) is 18.2 Å². The fourth-order valence-corrected chi connectivity index (χ4v) is 4.79. The number of aliphatic hydroxyl groups is 2. The summed E-state index contributed by atoms with van der Waals surface area (Å²) in [6.07, 6.45) is -0.939. The van der Waals surface area contributed by atoms with Gasteiger partial charge in [0.2, 0.25) is 9.84 Å². The van der Waals surface area contributed by atoms with E-state index in [0.29, 0.717) is 30.3 Å². The number of rotatable bonds is 6. The molecule has 0 amide bonds. The monoisotopic (exact) mass is 429 g/mol. The molecule has 158 valence electrons. The van der Waals surface area contributed by atoms with Crippen molar-refractivity contribution < 1.29 is 18.6 Å². The van der Waals surface area contributed by atoms with Crippen LogP contribution in [0, 0.1) is 6.92 Å². The molecule has 1 aromatic carbocycles. The summed E-state index contributed by atoms with van der Waals surface area (Å²) in [5, 5.41) is 32.7. The Bertz CT molecular complexity index is 1120. The van der Waals surface area contributed by atoms with Crippen LogP contribution in [0.15, 0.2) is 58.3 Å². The van der Waals surface area contributed by atoms with Crippen molar-refractivity contribution in [1.29, 1.82) is 0 Å². The molecule has 1 saturated carbocycles. The Morgan fingerprint density at radius 1 is 0.967 bits per heavy atom. The van der Waals surface area contributed by atoms with Crippen LogP contribution < -0.4 is 10.6 Å². The first-order chi connectivity index (χ1) is 14.3. The number of nitrogens with zero attached hydrogens (tertiary/aromatic N) is 2. The number of aliphatic hydroxyl groups excluding tert-OH is 2. The standard InChI is InChI=1S/C20H23N5O4S/c1-12-7-20(25-24-12)23-19-11-15(30(28,29)14-5-3-2-4-6-14)10-18(22-19)21-13-8-16(26)17(27)9-13/h2-7,10-11,13,16-17,26-27H,8-9H2,1H3,(H3,21,22,23,24,25)/t13-,16+,17-. The van der Waals surface area contributed by atoms with E-state index in [-0.39, 0.29) is 15.8 Å². The van der Waals surface area contributed by atoms with Crippen molar-refractivity contribution in [2.24, 2.45) is 0 Å². The minimum Gasteiger partial charge on any atom is -0.390 e. The third-order valence-electron chi connectivity index (χ3n) is 4.97. The summed E-state index contributed by atoms with van der Waals surface area (Å²) in [4.78, 5) is 4.70. The van der Waals surface area contributed by atoms with E-state index in [1.54, 1.807) is 24.3 Å². The van der Waals surface area contributed by atoms with Crippen LogP contribution in [0.1, 0.15) is 18.5 Å². The van der Waals surface area contributed by atoms with Gasteiger partial charge >= 0.3 is 0 Å². The Morgan fingerprint density at radius 3 is 2.27 bits per heavy atom. The highest BCUT2D eigenvalue weighted by Gasteiger charge is 2.32. The van der Waals surface area contributed by atoms with Gasteiger partial charge in [-0.05, 0) is 38.0 Å². The number of pyridine rings is 1. The molecular formula is C20H23N5O4S. The van der Waals surface area contributed by atoms with Crippen LogP contribution in [0.2, 0.25) is 0 Å². The maximum Gasteiger partial charge on any atom is 0.206 e. The second-order valence-electron chi connectivity index (χ2n) is 7.40. The Hall–Kier alpha value is -2.95. The molecule has 5 N–H and O–H groups in total. The average molecular weight is 430 g/mol. The third-order valence-corrected chi connectivity index (χ3v) is 6.72. The van der Waals surface area contributed by atoms with Gasteiger partial charge in [-0.2, -0.15) is 5.10 Å². The Kier molecular flexibility index (Phi) is 5.46. The predicted molar refractivity (Wildman–Crippen MR) is 111 cm³/mol. The number of sulfone groups is 1. The zero-order chi connectivity index (χ0) is 21.3. The van der Waals surface area contributed by atoms with Crippen LogP contribution in [0.5, 0.6) is 0 Å².